The topological polar surface area (TPSA) is 123 Å². The molecule has 3 saturated heterocycles. The molecule has 190 valence electrons. The Labute approximate surface area is 204 Å². The van der Waals surface area contributed by atoms with E-state index in [-0.39, 0.29) is 17.4 Å². The van der Waals surface area contributed by atoms with Crippen LogP contribution in [-0.2, 0) is 9.53 Å². The maximum atomic E-state index is 13.0. The monoisotopic (exact) mass is 486 g/mol. The summed E-state index contributed by atoms with van der Waals surface area (Å²) in [4.78, 5) is 42.9. The SMILES string of the molecule is CC(C)(C)OC(=O)N1CCC2(CC1)CN(c1ccc3c(c1)[C@H](O)N(C1CCC(O)NC1=O)C3=O)C2. The average Bonchev–Trinajstić information content (AvgIpc) is 3.01. The predicted octanol–water partition coefficient (Wildman–Crippen LogP) is 1.57. The average molecular weight is 487 g/mol. The fraction of sp³-hybridized carbons (Fsp3) is 0.640. The molecule has 0 saturated carbocycles. The molecule has 2 unspecified atom stereocenters. The lowest BCUT2D eigenvalue weighted by atomic mass is 9.72. The van der Waals surface area contributed by atoms with Crippen LogP contribution in [-0.4, -0.2) is 82.0 Å². The Kier molecular flexibility index (Phi) is 5.71. The van der Waals surface area contributed by atoms with E-state index in [4.69, 9.17) is 4.74 Å². The number of carbonyl (C=O) groups is 3. The van der Waals surface area contributed by atoms with Crippen molar-refractivity contribution in [2.75, 3.05) is 31.1 Å². The largest absolute Gasteiger partial charge is 0.444 e. The van der Waals surface area contributed by atoms with Crippen molar-refractivity contribution in [1.82, 2.24) is 15.1 Å². The summed E-state index contributed by atoms with van der Waals surface area (Å²) < 4.78 is 5.50. The zero-order valence-corrected chi connectivity index (χ0v) is 20.5. The summed E-state index contributed by atoms with van der Waals surface area (Å²) in [5.74, 6) is -0.822. The molecular formula is C25H34N4O6. The number of hydrogen-bond donors (Lipinski definition) is 3. The number of benzene rings is 1. The van der Waals surface area contributed by atoms with Crippen molar-refractivity contribution < 1.29 is 29.3 Å². The molecular weight excluding hydrogens is 452 g/mol. The molecule has 0 aliphatic carbocycles. The van der Waals surface area contributed by atoms with Crippen LogP contribution in [0.15, 0.2) is 18.2 Å². The van der Waals surface area contributed by atoms with Gasteiger partial charge in [-0.1, -0.05) is 0 Å². The zero-order valence-electron chi connectivity index (χ0n) is 20.5. The summed E-state index contributed by atoms with van der Waals surface area (Å²) in [5.41, 5.74) is 1.49. The Morgan fingerprint density at radius 3 is 2.43 bits per heavy atom. The highest BCUT2D eigenvalue weighted by Crippen LogP contribution is 2.44. The standard InChI is InChI=1S/C25H34N4O6/c1-24(2,3)35-23(34)27-10-8-25(9-11-27)13-28(14-25)15-4-5-16-17(12-15)22(33)29(21(16)32)18-6-7-19(30)26-20(18)31/h4-5,12,18-19,22,30,33H,6-11,13-14H2,1-3H3,(H,26,31)/t18?,19?,22-/m0/s1. The second kappa shape index (κ2) is 8.37. The van der Waals surface area contributed by atoms with Crippen LogP contribution in [0.4, 0.5) is 10.5 Å². The van der Waals surface area contributed by atoms with Crippen LogP contribution >= 0.6 is 0 Å². The van der Waals surface area contributed by atoms with Crippen molar-refractivity contribution in [3.05, 3.63) is 29.3 Å². The number of nitrogens with one attached hydrogen (secondary N) is 1. The minimum absolute atomic E-state index is 0.152. The Hall–Kier alpha value is -2.85. The molecule has 4 heterocycles. The third-order valence-electron chi connectivity index (χ3n) is 7.60. The highest BCUT2D eigenvalue weighted by molar-refractivity contribution is 6.02. The number of ether oxygens (including phenoxy) is 1. The summed E-state index contributed by atoms with van der Waals surface area (Å²) in [7, 11) is 0. The number of nitrogens with zero attached hydrogens (tertiary/aromatic N) is 3. The summed E-state index contributed by atoms with van der Waals surface area (Å²) >= 11 is 0. The Morgan fingerprint density at radius 2 is 1.80 bits per heavy atom. The number of aliphatic hydroxyl groups excluding tert-OH is 2. The molecule has 1 aromatic carbocycles. The van der Waals surface area contributed by atoms with Gasteiger partial charge in [-0.3, -0.25) is 14.5 Å². The van der Waals surface area contributed by atoms with Crippen LogP contribution < -0.4 is 10.2 Å². The molecule has 5 rings (SSSR count). The normalized spacial score (nSPS) is 28.0. The quantitative estimate of drug-likeness (QED) is 0.580. The predicted molar refractivity (Wildman–Crippen MR) is 126 cm³/mol. The van der Waals surface area contributed by atoms with Gasteiger partial charge in [0.15, 0.2) is 6.23 Å². The number of rotatable bonds is 2. The van der Waals surface area contributed by atoms with Crippen LogP contribution in [0, 0.1) is 5.41 Å². The highest BCUT2D eigenvalue weighted by atomic mass is 16.6. The van der Waals surface area contributed by atoms with Crippen molar-refractivity contribution in [1.29, 1.82) is 0 Å². The van der Waals surface area contributed by atoms with Crippen molar-refractivity contribution >= 4 is 23.6 Å². The first-order chi connectivity index (χ1) is 16.5. The second-order valence-corrected chi connectivity index (χ2v) is 11.3. The Morgan fingerprint density at radius 1 is 1.11 bits per heavy atom. The van der Waals surface area contributed by atoms with E-state index in [2.05, 4.69) is 10.2 Å². The second-order valence-electron chi connectivity index (χ2n) is 11.3. The number of carbonyl (C=O) groups excluding carboxylic acids is 3. The van der Waals surface area contributed by atoms with E-state index in [0.717, 1.165) is 31.6 Å². The van der Waals surface area contributed by atoms with E-state index in [1.54, 1.807) is 11.0 Å². The van der Waals surface area contributed by atoms with Crippen LogP contribution in [0.25, 0.3) is 0 Å². The highest BCUT2D eigenvalue weighted by Gasteiger charge is 2.48. The van der Waals surface area contributed by atoms with E-state index < -0.39 is 30.0 Å². The maximum absolute atomic E-state index is 13.0. The van der Waals surface area contributed by atoms with E-state index in [9.17, 15) is 24.6 Å². The first-order valence-electron chi connectivity index (χ1n) is 12.3. The van der Waals surface area contributed by atoms with Crippen LogP contribution in [0.2, 0.25) is 0 Å². The fourth-order valence-electron chi connectivity index (χ4n) is 5.66. The van der Waals surface area contributed by atoms with Crippen molar-refractivity contribution in [2.45, 2.75) is 70.6 Å². The minimum atomic E-state index is -1.20. The molecule has 1 aromatic rings. The van der Waals surface area contributed by atoms with Crippen LogP contribution in [0.1, 0.15) is 68.6 Å². The Bertz CT molecular complexity index is 1040. The maximum Gasteiger partial charge on any atom is 0.410 e. The first-order valence-corrected chi connectivity index (χ1v) is 12.3. The first kappa shape index (κ1) is 23.9. The van der Waals surface area contributed by atoms with Gasteiger partial charge in [-0.25, -0.2) is 4.79 Å². The number of fused-ring (bicyclic) bond motifs is 1. The summed E-state index contributed by atoms with van der Waals surface area (Å²) in [6, 6.07) is 4.65. The number of likely N-dealkylation sites (tertiary alicyclic amines) is 1. The van der Waals surface area contributed by atoms with E-state index in [0.29, 0.717) is 37.1 Å². The number of piperidine rings is 2. The van der Waals surface area contributed by atoms with Crippen molar-refractivity contribution in [3.63, 3.8) is 0 Å². The van der Waals surface area contributed by atoms with Gasteiger partial charge in [-0.15, -0.1) is 0 Å². The zero-order chi connectivity index (χ0) is 25.1. The Balaban J connectivity index is 1.22. The van der Waals surface area contributed by atoms with Gasteiger partial charge in [-0.05, 0) is 64.7 Å². The van der Waals surface area contributed by atoms with Gasteiger partial charge in [0.2, 0.25) is 5.91 Å². The van der Waals surface area contributed by atoms with Gasteiger partial charge in [-0.2, -0.15) is 0 Å². The lowest BCUT2D eigenvalue weighted by molar-refractivity contribution is -0.136. The summed E-state index contributed by atoms with van der Waals surface area (Å²) in [5, 5.41) is 23.0. The summed E-state index contributed by atoms with van der Waals surface area (Å²) in [6.45, 7) is 8.66. The molecule has 1 spiro atoms. The number of anilines is 1. The molecule has 10 nitrogen and oxygen atoms in total. The molecule has 0 radical (unpaired) electrons. The van der Waals surface area contributed by atoms with E-state index in [1.165, 1.54) is 4.90 Å². The molecule has 0 bridgehead atoms. The van der Waals surface area contributed by atoms with Gasteiger partial charge in [0.1, 0.15) is 17.9 Å². The van der Waals surface area contributed by atoms with E-state index in [1.807, 2.05) is 32.9 Å². The number of hydrogen-bond acceptors (Lipinski definition) is 7. The van der Waals surface area contributed by atoms with Gasteiger partial charge in [0.25, 0.3) is 5.91 Å². The number of amides is 3. The molecule has 0 aromatic heterocycles. The van der Waals surface area contributed by atoms with Crippen LogP contribution in [0.3, 0.4) is 0 Å². The van der Waals surface area contributed by atoms with Gasteiger partial charge in [0, 0.05) is 48.4 Å². The molecule has 35 heavy (non-hydrogen) atoms. The molecule has 3 atom stereocenters. The minimum Gasteiger partial charge on any atom is -0.444 e. The summed E-state index contributed by atoms with van der Waals surface area (Å²) in [6.07, 6.45) is 0.0668. The fourth-order valence-corrected chi connectivity index (χ4v) is 5.66. The third-order valence-corrected chi connectivity index (χ3v) is 7.60. The lowest BCUT2D eigenvalue weighted by Crippen LogP contribution is -2.61. The van der Waals surface area contributed by atoms with Gasteiger partial charge in [0.05, 0.1) is 0 Å². The molecule has 3 N–H and O–H groups in total. The number of aliphatic hydroxyl groups is 2. The van der Waals surface area contributed by atoms with Crippen LogP contribution in [0.5, 0.6) is 0 Å². The molecule has 4 aliphatic heterocycles. The molecule has 10 heteroatoms. The third kappa shape index (κ3) is 4.33. The molecule has 3 amide bonds. The molecule has 3 fully saturated rings. The van der Waals surface area contributed by atoms with E-state index >= 15 is 0 Å². The van der Waals surface area contributed by atoms with Crippen molar-refractivity contribution in [3.8, 4) is 0 Å². The smallest absolute Gasteiger partial charge is 0.410 e. The van der Waals surface area contributed by atoms with Gasteiger partial charge < -0.3 is 30.1 Å². The van der Waals surface area contributed by atoms with Gasteiger partial charge >= 0.3 is 6.09 Å². The molecule has 4 aliphatic rings. The van der Waals surface area contributed by atoms with Crippen molar-refractivity contribution in [2.24, 2.45) is 5.41 Å². The lowest BCUT2D eigenvalue weighted by Gasteiger charge is -2.55.